The van der Waals surface area contributed by atoms with Crippen LogP contribution in [0.2, 0.25) is 0 Å². The van der Waals surface area contributed by atoms with Gasteiger partial charge in [0.25, 0.3) is 5.79 Å². The van der Waals surface area contributed by atoms with E-state index in [1.54, 1.807) is 12.4 Å². The molecule has 0 saturated carbocycles. The van der Waals surface area contributed by atoms with Gasteiger partial charge in [0.05, 0.1) is 17.4 Å². The van der Waals surface area contributed by atoms with Crippen LogP contribution in [0.25, 0.3) is 11.0 Å². The minimum Gasteiger partial charge on any atom is -0.419 e. The van der Waals surface area contributed by atoms with Crippen molar-refractivity contribution < 1.29 is 19.1 Å². The Morgan fingerprint density at radius 3 is 2.59 bits per heavy atom. The number of hydrogen-bond acceptors (Lipinski definition) is 6. The van der Waals surface area contributed by atoms with Gasteiger partial charge in [-0.3, -0.25) is 0 Å². The van der Waals surface area contributed by atoms with Gasteiger partial charge in [0.15, 0.2) is 5.57 Å². The topological polar surface area (TPSA) is 82.5 Å². The molecule has 1 aliphatic rings. The number of esters is 2. The molecule has 2 aromatic rings. The van der Waals surface area contributed by atoms with Crippen molar-refractivity contribution in [2.75, 3.05) is 5.32 Å². The normalized spacial score (nSPS) is 17.1. The van der Waals surface area contributed by atoms with E-state index in [1.807, 2.05) is 23.7 Å². The van der Waals surface area contributed by atoms with Crippen LogP contribution in [0.3, 0.4) is 0 Å². The number of hydrogen-bond donors (Lipinski definition) is 1. The average Bonchev–Trinajstić information content (AvgIpc) is 2.78. The number of imidazole rings is 1. The number of anilines is 1. The first kappa shape index (κ1) is 14.1. The standard InChI is InChI=1S/C15H15N3O4/c1-15(2)21-13(19)10(14(20)22-15)7-16-9-4-5-11-12(6-9)18(3)8-17-11/h4-8,16H,1-3H3. The summed E-state index contributed by atoms with van der Waals surface area (Å²) in [7, 11) is 1.88. The Labute approximate surface area is 126 Å². The van der Waals surface area contributed by atoms with Gasteiger partial charge in [-0.1, -0.05) is 0 Å². The van der Waals surface area contributed by atoms with Crippen molar-refractivity contribution in [1.82, 2.24) is 9.55 Å². The van der Waals surface area contributed by atoms with E-state index in [-0.39, 0.29) is 5.57 Å². The van der Waals surface area contributed by atoms with E-state index >= 15 is 0 Å². The summed E-state index contributed by atoms with van der Waals surface area (Å²) in [6.45, 7) is 3.01. The quantitative estimate of drug-likeness (QED) is 0.516. The van der Waals surface area contributed by atoms with Crippen molar-refractivity contribution in [3.8, 4) is 0 Å². The zero-order valence-corrected chi connectivity index (χ0v) is 12.4. The van der Waals surface area contributed by atoms with Crippen LogP contribution in [0, 0.1) is 0 Å². The fourth-order valence-corrected chi connectivity index (χ4v) is 2.15. The Morgan fingerprint density at radius 2 is 1.91 bits per heavy atom. The van der Waals surface area contributed by atoms with Crippen molar-refractivity contribution in [2.45, 2.75) is 19.6 Å². The van der Waals surface area contributed by atoms with Crippen molar-refractivity contribution in [3.63, 3.8) is 0 Å². The predicted octanol–water partition coefficient (Wildman–Crippen LogP) is 1.71. The molecule has 1 aromatic heterocycles. The molecule has 114 valence electrons. The van der Waals surface area contributed by atoms with Gasteiger partial charge in [-0.05, 0) is 18.2 Å². The van der Waals surface area contributed by atoms with Gasteiger partial charge >= 0.3 is 11.9 Å². The molecule has 7 heteroatoms. The first-order valence-corrected chi connectivity index (χ1v) is 6.70. The van der Waals surface area contributed by atoms with Crippen LogP contribution in [0.1, 0.15) is 13.8 Å². The first-order chi connectivity index (χ1) is 10.4. The number of nitrogens with zero attached hydrogens (tertiary/aromatic N) is 2. The summed E-state index contributed by atoms with van der Waals surface area (Å²) in [6.07, 6.45) is 3.00. The Balaban J connectivity index is 1.84. The molecule has 0 bridgehead atoms. The summed E-state index contributed by atoms with van der Waals surface area (Å²) in [6, 6.07) is 5.51. The highest BCUT2D eigenvalue weighted by atomic mass is 16.7. The molecular formula is C15H15N3O4. The van der Waals surface area contributed by atoms with E-state index in [4.69, 9.17) is 9.47 Å². The number of ether oxygens (including phenoxy) is 2. The molecule has 2 heterocycles. The number of aromatic nitrogens is 2. The molecule has 0 amide bonds. The molecule has 0 unspecified atom stereocenters. The monoisotopic (exact) mass is 301 g/mol. The van der Waals surface area contributed by atoms with Crippen molar-refractivity contribution in [1.29, 1.82) is 0 Å². The second-order valence-electron chi connectivity index (χ2n) is 5.44. The number of cyclic esters (lactones) is 2. The van der Waals surface area contributed by atoms with E-state index in [0.29, 0.717) is 5.69 Å². The van der Waals surface area contributed by atoms with Gasteiger partial charge < -0.3 is 19.4 Å². The second kappa shape index (κ2) is 4.87. The number of benzene rings is 1. The molecule has 1 aromatic carbocycles. The van der Waals surface area contributed by atoms with Crippen molar-refractivity contribution >= 4 is 28.7 Å². The lowest BCUT2D eigenvalue weighted by molar-refractivity contribution is -0.222. The zero-order chi connectivity index (χ0) is 15.9. The molecule has 7 nitrogen and oxygen atoms in total. The van der Waals surface area contributed by atoms with Crippen LogP contribution in [-0.4, -0.2) is 27.3 Å². The molecule has 1 N–H and O–H groups in total. The molecule has 22 heavy (non-hydrogen) atoms. The Bertz CT molecular complexity index is 782. The van der Waals surface area contributed by atoms with Gasteiger partial charge in [-0.25, -0.2) is 14.6 Å². The summed E-state index contributed by atoms with van der Waals surface area (Å²) in [5.74, 6) is -2.66. The Morgan fingerprint density at radius 1 is 1.23 bits per heavy atom. The second-order valence-corrected chi connectivity index (χ2v) is 5.44. The largest absolute Gasteiger partial charge is 0.419 e. The number of aryl methyl sites for hydroxylation is 1. The highest BCUT2D eigenvalue weighted by Crippen LogP contribution is 2.23. The zero-order valence-electron chi connectivity index (χ0n) is 12.4. The van der Waals surface area contributed by atoms with E-state index in [1.165, 1.54) is 20.0 Å². The van der Waals surface area contributed by atoms with E-state index in [0.717, 1.165) is 11.0 Å². The fraction of sp³-hybridized carbons (Fsp3) is 0.267. The van der Waals surface area contributed by atoms with Gasteiger partial charge in [0, 0.05) is 32.8 Å². The minimum absolute atomic E-state index is 0.176. The maximum absolute atomic E-state index is 11.8. The number of fused-ring (bicyclic) bond motifs is 1. The minimum atomic E-state index is -1.24. The van der Waals surface area contributed by atoms with Gasteiger partial charge in [0.2, 0.25) is 0 Å². The lowest BCUT2D eigenvalue weighted by Crippen LogP contribution is -2.42. The smallest absolute Gasteiger partial charge is 0.350 e. The van der Waals surface area contributed by atoms with Crippen LogP contribution in [0.4, 0.5) is 5.69 Å². The highest BCUT2D eigenvalue weighted by Gasteiger charge is 2.38. The molecule has 1 saturated heterocycles. The summed E-state index contributed by atoms with van der Waals surface area (Å²) < 4.78 is 11.9. The maximum atomic E-state index is 11.8. The van der Waals surface area contributed by atoms with Gasteiger partial charge in [-0.2, -0.15) is 0 Å². The van der Waals surface area contributed by atoms with Crippen LogP contribution < -0.4 is 5.32 Å². The van der Waals surface area contributed by atoms with Crippen molar-refractivity contribution in [3.05, 3.63) is 36.3 Å². The molecule has 1 aliphatic heterocycles. The first-order valence-electron chi connectivity index (χ1n) is 6.70. The van der Waals surface area contributed by atoms with E-state index in [2.05, 4.69) is 10.3 Å². The molecule has 3 rings (SSSR count). The molecule has 0 atom stereocenters. The van der Waals surface area contributed by atoms with Crippen LogP contribution in [0.5, 0.6) is 0 Å². The molecule has 0 radical (unpaired) electrons. The number of nitrogens with one attached hydrogen (secondary N) is 1. The molecule has 0 aliphatic carbocycles. The van der Waals surface area contributed by atoms with Crippen molar-refractivity contribution in [2.24, 2.45) is 7.05 Å². The third-order valence-corrected chi connectivity index (χ3v) is 3.23. The summed E-state index contributed by atoms with van der Waals surface area (Å²) in [5.41, 5.74) is 2.33. The van der Waals surface area contributed by atoms with E-state index < -0.39 is 17.7 Å². The SMILES string of the molecule is Cn1cnc2ccc(NC=C3C(=O)OC(C)(C)OC3=O)cc21. The number of rotatable bonds is 2. The van der Waals surface area contributed by atoms with Gasteiger partial charge in [-0.15, -0.1) is 0 Å². The molecule has 1 fully saturated rings. The highest BCUT2D eigenvalue weighted by molar-refractivity contribution is 6.15. The number of carbonyl (C=O) groups is 2. The van der Waals surface area contributed by atoms with Crippen LogP contribution in [-0.2, 0) is 26.1 Å². The molecule has 0 spiro atoms. The summed E-state index contributed by atoms with van der Waals surface area (Å²) in [5, 5.41) is 2.91. The van der Waals surface area contributed by atoms with E-state index in [9.17, 15) is 9.59 Å². The average molecular weight is 301 g/mol. The Kier molecular flexibility index (Phi) is 3.13. The predicted molar refractivity (Wildman–Crippen MR) is 78.7 cm³/mol. The molecular weight excluding hydrogens is 286 g/mol. The summed E-state index contributed by atoms with van der Waals surface area (Å²) >= 11 is 0. The maximum Gasteiger partial charge on any atom is 0.350 e. The fourth-order valence-electron chi connectivity index (χ4n) is 2.15. The number of carbonyl (C=O) groups excluding carboxylic acids is 2. The van der Waals surface area contributed by atoms with Gasteiger partial charge in [0.1, 0.15) is 0 Å². The lowest BCUT2D eigenvalue weighted by atomic mass is 10.2. The third kappa shape index (κ3) is 2.52. The lowest BCUT2D eigenvalue weighted by Gasteiger charge is -2.29. The Hall–Kier alpha value is -2.83. The van der Waals surface area contributed by atoms with Crippen LogP contribution in [0.15, 0.2) is 36.3 Å². The van der Waals surface area contributed by atoms with Crippen LogP contribution >= 0.6 is 0 Å². The summed E-state index contributed by atoms with van der Waals surface area (Å²) in [4.78, 5) is 27.9. The third-order valence-electron chi connectivity index (χ3n) is 3.23.